The molecule has 1 unspecified atom stereocenters. The highest BCUT2D eigenvalue weighted by Crippen LogP contribution is 2.50. The molecule has 1 aromatic heterocycles. The van der Waals surface area contributed by atoms with E-state index in [2.05, 4.69) is 29.2 Å². The maximum Gasteiger partial charge on any atom is 0.330 e. The number of aromatic amines is 1. The van der Waals surface area contributed by atoms with Crippen LogP contribution in [0.2, 0.25) is 0 Å². The number of aromatic nitrogens is 2. The summed E-state index contributed by atoms with van der Waals surface area (Å²) in [7, 11) is -1.73. The molecule has 2 aliphatic rings. The van der Waals surface area contributed by atoms with Crippen molar-refractivity contribution >= 4 is 19.4 Å². The molecule has 35 heavy (non-hydrogen) atoms. The van der Waals surface area contributed by atoms with E-state index in [0.29, 0.717) is 0 Å². The number of ether oxygens (including phenoxy) is 2. The second kappa shape index (κ2) is 9.00. The standard InChI is InChI=1S/C26H29N2O6Si/c1-25(2,3)23(34-35(17-10-6-4-7-11-17)18-12-8-5-9-13-18)26-16-32-20(21(26)30)22(33-26)28-15-14-19(29)27-24(28)31/h4-15,20-23,30H,16H2,1-3H3,(H,27,29,31)/t20-,21+,22+,23?,26-/m0/s1. The van der Waals surface area contributed by atoms with Crippen LogP contribution in [0.1, 0.15) is 27.0 Å². The molecule has 0 spiro atoms. The molecule has 0 saturated carbocycles. The Balaban J connectivity index is 1.55. The lowest BCUT2D eigenvalue weighted by molar-refractivity contribution is -0.221. The van der Waals surface area contributed by atoms with Crippen LogP contribution in [0.3, 0.4) is 0 Å². The van der Waals surface area contributed by atoms with E-state index in [1.807, 2.05) is 57.2 Å². The normalized spacial score (nSPS) is 26.8. The molecule has 9 heteroatoms. The SMILES string of the molecule is CC(C)(C)C(O[Si](c1ccccc1)c1ccccc1)[C@@]12CO[C@H]([C@H](n3ccc(=O)[nH]c3=O)O1)[C@H]2O. The molecular formula is C26H29N2O6Si. The number of fused-ring (bicyclic) bond motifs is 2. The lowest BCUT2D eigenvalue weighted by atomic mass is 9.77. The van der Waals surface area contributed by atoms with Crippen LogP contribution >= 0.6 is 0 Å². The Kier molecular flexibility index (Phi) is 6.14. The largest absolute Gasteiger partial charge is 0.401 e. The minimum Gasteiger partial charge on any atom is -0.401 e. The smallest absolute Gasteiger partial charge is 0.330 e. The van der Waals surface area contributed by atoms with Crippen LogP contribution in [0.5, 0.6) is 0 Å². The number of aliphatic hydroxyl groups excluding tert-OH is 1. The Labute approximate surface area is 204 Å². The van der Waals surface area contributed by atoms with Crippen LogP contribution in [-0.2, 0) is 13.9 Å². The Morgan fingerprint density at radius 2 is 1.66 bits per heavy atom. The van der Waals surface area contributed by atoms with E-state index < -0.39 is 55.8 Å². The number of rotatable bonds is 6. The van der Waals surface area contributed by atoms with Gasteiger partial charge in [-0.1, -0.05) is 81.4 Å². The van der Waals surface area contributed by atoms with Gasteiger partial charge in [-0.25, -0.2) is 4.79 Å². The van der Waals surface area contributed by atoms with Crippen LogP contribution in [0.4, 0.5) is 0 Å². The first-order valence-electron chi connectivity index (χ1n) is 11.6. The zero-order valence-electron chi connectivity index (χ0n) is 19.9. The molecule has 1 radical (unpaired) electrons. The van der Waals surface area contributed by atoms with Crippen LogP contribution in [0, 0.1) is 5.41 Å². The highest BCUT2D eigenvalue weighted by Gasteiger charge is 2.67. The Hall–Kier alpha value is -2.82. The molecule has 3 heterocycles. The van der Waals surface area contributed by atoms with E-state index in [1.54, 1.807) is 0 Å². The predicted octanol–water partition coefficient (Wildman–Crippen LogP) is 0.801. The van der Waals surface area contributed by atoms with Crippen LogP contribution in [0.25, 0.3) is 0 Å². The molecule has 2 N–H and O–H groups in total. The quantitative estimate of drug-likeness (QED) is 0.493. The molecule has 3 aromatic rings. The van der Waals surface area contributed by atoms with Gasteiger partial charge in [-0.15, -0.1) is 0 Å². The van der Waals surface area contributed by atoms with E-state index in [1.165, 1.54) is 16.8 Å². The van der Waals surface area contributed by atoms with E-state index in [-0.39, 0.29) is 6.61 Å². The minimum absolute atomic E-state index is 0.133. The van der Waals surface area contributed by atoms with E-state index in [4.69, 9.17) is 13.9 Å². The van der Waals surface area contributed by atoms with Gasteiger partial charge in [0.1, 0.15) is 17.8 Å². The summed E-state index contributed by atoms with van der Waals surface area (Å²) in [5.74, 6) is 0. The van der Waals surface area contributed by atoms with Crippen molar-refractivity contribution in [1.29, 1.82) is 0 Å². The highest BCUT2D eigenvalue weighted by molar-refractivity contribution is 6.80. The second-order valence-corrected chi connectivity index (χ2v) is 12.2. The second-order valence-electron chi connectivity index (χ2n) is 10.1. The third-order valence-corrected chi connectivity index (χ3v) is 8.78. The van der Waals surface area contributed by atoms with Crippen molar-refractivity contribution in [1.82, 2.24) is 9.55 Å². The maximum atomic E-state index is 12.5. The fraction of sp³-hybridized carbons (Fsp3) is 0.385. The van der Waals surface area contributed by atoms with E-state index in [9.17, 15) is 14.7 Å². The summed E-state index contributed by atoms with van der Waals surface area (Å²) in [5, 5.41) is 13.6. The zero-order chi connectivity index (χ0) is 24.8. The molecule has 5 atom stereocenters. The molecule has 5 rings (SSSR count). The first kappa shape index (κ1) is 23.9. The van der Waals surface area contributed by atoms with Gasteiger partial charge in [0.2, 0.25) is 0 Å². The zero-order valence-corrected chi connectivity index (χ0v) is 20.9. The van der Waals surface area contributed by atoms with Gasteiger partial charge < -0.3 is 19.0 Å². The van der Waals surface area contributed by atoms with Gasteiger partial charge >= 0.3 is 5.69 Å². The van der Waals surface area contributed by atoms with Crippen molar-refractivity contribution in [2.24, 2.45) is 5.41 Å². The fourth-order valence-corrected chi connectivity index (χ4v) is 7.44. The third kappa shape index (κ3) is 4.23. The summed E-state index contributed by atoms with van der Waals surface area (Å²) in [6.45, 7) is 6.27. The molecule has 0 aliphatic carbocycles. The minimum atomic E-state index is -1.73. The first-order chi connectivity index (χ1) is 16.7. The molecule has 2 bridgehead atoms. The third-order valence-electron chi connectivity index (χ3n) is 6.60. The monoisotopic (exact) mass is 493 g/mol. The van der Waals surface area contributed by atoms with Crippen molar-refractivity contribution in [2.45, 2.75) is 50.9 Å². The summed E-state index contributed by atoms with van der Waals surface area (Å²) >= 11 is 0. The summed E-state index contributed by atoms with van der Waals surface area (Å²) < 4.78 is 20.7. The number of nitrogens with zero attached hydrogens (tertiary/aromatic N) is 1. The number of H-pyrrole nitrogens is 1. The first-order valence-corrected chi connectivity index (χ1v) is 13.0. The molecule has 183 valence electrons. The van der Waals surface area contributed by atoms with Crippen molar-refractivity contribution in [3.05, 3.63) is 93.8 Å². The highest BCUT2D eigenvalue weighted by atomic mass is 28.3. The summed E-state index contributed by atoms with van der Waals surface area (Å²) in [6, 6.07) is 21.4. The number of benzene rings is 2. The van der Waals surface area contributed by atoms with Crippen LogP contribution < -0.4 is 21.6 Å². The Morgan fingerprint density at radius 3 is 2.20 bits per heavy atom. The van der Waals surface area contributed by atoms with Crippen molar-refractivity contribution in [2.75, 3.05) is 6.61 Å². The van der Waals surface area contributed by atoms with Crippen molar-refractivity contribution in [3.8, 4) is 0 Å². The average Bonchev–Trinajstić information content (AvgIpc) is 3.29. The van der Waals surface area contributed by atoms with Gasteiger partial charge in [-0.3, -0.25) is 14.3 Å². The molecule has 2 aliphatic heterocycles. The molecule has 2 fully saturated rings. The lowest BCUT2D eigenvalue weighted by Gasteiger charge is -2.45. The molecular weight excluding hydrogens is 464 g/mol. The lowest BCUT2D eigenvalue weighted by Crippen LogP contribution is -2.62. The van der Waals surface area contributed by atoms with Gasteiger partial charge in [0.05, 0.1) is 12.7 Å². The number of aliphatic hydroxyl groups is 1. The number of nitrogens with one attached hydrogen (secondary N) is 1. The summed E-state index contributed by atoms with van der Waals surface area (Å²) in [4.78, 5) is 26.3. The van der Waals surface area contributed by atoms with Gasteiger partial charge in [0.15, 0.2) is 6.23 Å². The number of hydrogen-bond donors (Lipinski definition) is 2. The Bertz CT molecular complexity index is 1250. The molecule has 8 nitrogen and oxygen atoms in total. The average molecular weight is 494 g/mol. The predicted molar refractivity (Wildman–Crippen MR) is 132 cm³/mol. The summed E-state index contributed by atoms with van der Waals surface area (Å²) in [6.07, 6.45) is -1.87. The van der Waals surface area contributed by atoms with Crippen molar-refractivity contribution < 1.29 is 19.0 Å². The molecule has 2 saturated heterocycles. The topological polar surface area (TPSA) is 103 Å². The van der Waals surface area contributed by atoms with E-state index in [0.717, 1.165) is 10.4 Å². The maximum absolute atomic E-state index is 12.5. The molecule has 2 aromatic carbocycles. The summed E-state index contributed by atoms with van der Waals surface area (Å²) in [5.41, 5.74) is -2.75. The van der Waals surface area contributed by atoms with Crippen LogP contribution in [0.15, 0.2) is 82.5 Å². The number of hydrogen-bond acceptors (Lipinski definition) is 6. The van der Waals surface area contributed by atoms with Gasteiger partial charge in [0, 0.05) is 12.3 Å². The molecule has 0 amide bonds. The van der Waals surface area contributed by atoms with Crippen LogP contribution in [-0.4, -0.2) is 54.2 Å². The van der Waals surface area contributed by atoms with Gasteiger partial charge in [-0.05, 0) is 15.8 Å². The fourth-order valence-electron chi connectivity index (χ4n) is 5.06. The van der Waals surface area contributed by atoms with Crippen molar-refractivity contribution in [3.63, 3.8) is 0 Å². The van der Waals surface area contributed by atoms with Gasteiger partial charge in [-0.2, -0.15) is 0 Å². The van der Waals surface area contributed by atoms with E-state index >= 15 is 0 Å². The van der Waals surface area contributed by atoms with Gasteiger partial charge in [0.25, 0.3) is 14.6 Å². The Morgan fingerprint density at radius 1 is 1.06 bits per heavy atom.